The lowest BCUT2D eigenvalue weighted by Gasteiger charge is -2.21. The maximum atomic E-state index is 12.6. The molecule has 5 rings (SSSR count). The summed E-state index contributed by atoms with van der Waals surface area (Å²) in [6, 6.07) is 3.10. The van der Waals surface area contributed by atoms with Gasteiger partial charge in [0.15, 0.2) is 0 Å². The van der Waals surface area contributed by atoms with Crippen molar-refractivity contribution in [3.8, 4) is 5.69 Å². The fourth-order valence-electron chi connectivity index (χ4n) is 3.87. The Bertz CT molecular complexity index is 903. The minimum atomic E-state index is -0.0842. The Morgan fingerprint density at radius 2 is 2.38 bits per heavy atom. The average molecular weight is 339 g/mol. The van der Waals surface area contributed by atoms with Gasteiger partial charge in [0, 0.05) is 47.5 Å². The molecule has 7 heteroatoms. The van der Waals surface area contributed by atoms with E-state index in [2.05, 4.69) is 26.0 Å². The summed E-state index contributed by atoms with van der Waals surface area (Å²) in [5.74, 6) is -0.0842. The lowest BCUT2D eigenvalue weighted by atomic mass is 9.95. The quantitative estimate of drug-likeness (QED) is 0.767. The second-order valence-corrected chi connectivity index (χ2v) is 7.43. The Morgan fingerprint density at radius 1 is 1.42 bits per heavy atom. The van der Waals surface area contributed by atoms with Crippen molar-refractivity contribution in [1.82, 2.24) is 25.2 Å². The van der Waals surface area contributed by atoms with Gasteiger partial charge in [-0.05, 0) is 25.3 Å². The summed E-state index contributed by atoms with van der Waals surface area (Å²) in [4.78, 5) is 21.1. The molecular formula is C17H17N5OS. The van der Waals surface area contributed by atoms with Crippen molar-refractivity contribution in [2.45, 2.75) is 37.4 Å². The normalized spacial score (nSPS) is 25.4. The fourth-order valence-corrected chi connectivity index (χ4v) is 4.76. The Kier molecular flexibility index (Phi) is 3.17. The number of rotatable bonds is 3. The molecule has 0 unspecified atom stereocenters. The molecule has 0 spiro atoms. The highest BCUT2D eigenvalue weighted by molar-refractivity contribution is 7.17. The SMILES string of the molecule is O=C(N[C@@H]1C[C@H]2CC[C@@H]1N2)c1cc2c(-n3ccnc3)csc2cn1. The highest BCUT2D eigenvalue weighted by Gasteiger charge is 2.39. The summed E-state index contributed by atoms with van der Waals surface area (Å²) >= 11 is 1.62. The van der Waals surface area contributed by atoms with E-state index in [4.69, 9.17) is 0 Å². The molecule has 0 aliphatic carbocycles. The molecule has 2 aliphatic rings. The molecule has 2 fully saturated rings. The molecule has 0 radical (unpaired) electrons. The minimum Gasteiger partial charge on any atom is -0.346 e. The first-order valence-corrected chi connectivity index (χ1v) is 9.08. The number of pyridine rings is 1. The van der Waals surface area contributed by atoms with Crippen LogP contribution in [-0.4, -0.2) is 38.6 Å². The van der Waals surface area contributed by atoms with Crippen LogP contribution >= 0.6 is 11.3 Å². The molecule has 2 N–H and O–H groups in total. The molecule has 0 aromatic carbocycles. The Hall–Kier alpha value is -2.25. The zero-order valence-corrected chi connectivity index (χ0v) is 13.8. The molecule has 122 valence electrons. The molecular weight excluding hydrogens is 322 g/mol. The van der Waals surface area contributed by atoms with Crippen molar-refractivity contribution in [1.29, 1.82) is 0 Å². The number of carbonyl (C=O) groups excluding carboxylic acids is 1. The Balaban J connectivity index is 1.44. The van der Waals surface area contributed by atoms with Crippen molar-refractivity contribution in [3.05, 3.63) is 42.1 Å². The molecule has 6 nitrogen and oxygen atoms in total. The summed E-state index contributed by atoms with van der Waals surface area (Å²) in [6.45, 7) is 0. The van der Waals surface area contributed by atoms with Crippen molar-refractivity contribution < 1.29 is 4.79 Å². The highest BCUT2D eigenvalue weighted by atomic mass is 32.1. The van der Waals surface area contributed by atoms with Gasteiger partial charge in [-0.25, -0.2) is 9.97 Å². The third-order valence-corrected chi connectivity index (χ3v) is 5.99. The molecule has 2 saturated heterocycles. The van der Waals surface area contributed by atoms with Crippen molar-refractivity contribution >= 4 is 27.3 Å². The summed E-state index contributed by atoms with van der Waals surface area (Å²) in [5.41, 5.74) is 1.51. The average Bonchev–Trinajstić information content (AvgIpc) is 3.36. The second kappa shape index (κ2) is 5.39. The predicted octanol–water partition coefficient (Wildman–Crippen LogP) is 2.10. The molecule has 1 amide bonds. The fraction of sp³-hybridized carbons (Fsp3) is 0.353. The molecule has 24 heavy (non-hydrogen) atoms. The molecule has 2 bridgehead atoms. The van der Waals surface area contributed by atoms with E-state index < -0.39 is 0 Å². The highest BCUT2D eigenvalue weighted by Crippen LogP contribution is 2.30. The van der Waals surface area contributed by atoms with Gasteiger partial charge in [-0.1, -0.05) is 0 Å². The van der Waals surface area contributed by atoms with E-state index in [9.17, 15) is 4.79 Å². The van der Waals surface area contributed by atoms with Crippen LogP contribution in [0, 0.1) is 0 Å². The van der Waals surface area contributed by atoms with Gasteiger partial charge in [0.05, 0.1) is 16.7 Å². The molecule has 0 saturated carbocycles. The van der Waals surface area contributed by atoms with E-state index in [1.165, 1.54) is 6.42 Å². The molecule has 5 heterocycles. The monoisotopic (exact) mass is 339 g/mol. The van der Waals surface area contributed by atoms with Gasteiger partial charge in [-0.2, -0.15) is 0 Å². The summed E-state index contributed by atoms with van der Waals surface area (Å²) in [5, 5.41) is 9.80. The Morgan fingerprint density at radius 3 is 3.12 bits per heavy atom. The first kappa shape index (κ1) is 14.1. The van der Waals surface area contributed by atoms with E-state index in [1.807, 2.05) is 16.8 Å². The van der Waals surface area contributed by atoms with Crippen LogP contribution in [0.1, 0.15) is 29.8 Å². The molecule has 3 aromatic heterocycles. The third kappa shape index (κ3) is 2.23. The van der Waals surface area contributed by atoms with E-state index in [0.29, 0.717) is 17.8 Å². The lowest BCUT2D eigenvalue weighted by molar-refractivity contribution is 0.0926. The van der Waals surface area contributed by atoms with E-state index in [0.717, 1.165) is 28.6 Å². The first-order chi connectivity index (χ1) is 11.8. The van der Waals surface area contributed by atoms with Crippen molar-refractivity contribution in [2.24, 2.45) is 0 Å². The molecule has 3 atom stereocenters. The van der Waals surface area contributed by atoms with Crippen molar-refractivity contribution in [2.75, 3.05) is 0 Å². The molecule has 3 aromatic rings. The van der Waals surface area contributed by atoms with Crippen LogP contribution in [0.2, 0.25) is 0 Å². The van der Waals surface area contributed by atoms with Crippen LogP contribution in [-0.2, 0) is 0 Å². The topological polar surface area (TPSA) is 71.8 Å². The maximum Gasteiger partial charge on any atom is 0.270 e. The van der Waals surface area contributed by atoms with Crippen LogP contribution in [0.5, 0.6) is 0 Å². The van der Waals surface area contributed by atoms with Crippen LogP contribution in [0.3, 0.4) is 0 Å². The van der Waals surface area contributed by atoms with Gasteiger partial charge in [0.25, 0.3) is 5.91 Å². The zero-order chi connectivity index (χ0) is 16.1. The van der Waals surface area contributed by atoms with Gasteiger partial charge in [0.1, 0.15) is 5.69 Å². The maximum absolute atomic E-state index is 12.6. The van der Waals surface area contributed by atoms with Crippen LogP contribution in [0.15, 0.2) is 36.4 Å². The number of nitrogens with zero attached hydrogens (tertiary/aromatic N) is 3. The first-order valence-electron chi connectivity index (χ1n) is 8.20. The van der Waals surface area contributed by atoms with Gasteiger partial charge in [0.2, 0.25) is 0 Å². The van der Waals surface area contributed by atoms with Crippen LogP contribution in [0.4, 0.5) is 0 Å². The number of amides is 1. The smallest absolute Gasteiger partial charge is 0.270 e. The van der Waals surface area contributed by atoms with Gasteiger partial charge in [-0.15, -0.1) is 11.3 Å². The van der Waals surface area contributed by atoms with E-state index in [1.54, 1.807) is 30.1 Å². The summed E-state index contributed by atoms with van der Waals surface area (Å²) in [7, 11) is 0. The van der Waals surface area contributed by atoms with Gasteiger partial charge in [-0.3, -0.25) is 4.79 Å². The van der Waals surface area contributed by atoms with Crippen LogP contribution < -0.4 is 10.6 Å². The number of nitrogens with one attached hydrogen (secondary N) is 2. The molecule has 2 aliphatic heterocycles. The largest absolute Gasteiger partial charge is 0.346 e. The van der Waals surface area contributed by atoms with Gasteiger partial charge < -0.3 is 15.2 Å². The number of imidazole rings is 1. The standard InChI is InChI=1S/C17H17N5OS/c23-17(21-13-5-10-1-2-12(13)20-10)14-6-11-15(22-4-3-18-9-22)8-24-16(11)7-19-14/h3-4,6-10,12-13,20H,1-2,5H2,(H,21,23)/t10-,12+,13-/m1/s1. The summed E-state index contributed by atoms with van der Waals surface area (Å²) < 4.78 is 3.03. The van der Waals surface area contributed by atoms with Crippen LogP contribution in [0.25, 0.3) is 15.8 Å². The second-order valence-electron chi connectivity index (χ2n) is 6.52. The lowest BCUT2D eigenvalue weighted by Crippen LogP contribution is -2.43. The number of fused-ring (bicyclic) bond motifs is 3. The predicted molar refractivity (Wildman–Crippen MR) is 92.6 cm³/mol. The minimum absolute atomic E-state index is 0.0842. The van der Waals surface area contributed by atoms with E-state index in [-0.39, 0.29) is 11.9 Å². The van der Waals surface area contributed by atoms with Crippen molar-refractivity contribution in [3.63, 3.8) is 0 Å². The number of carbonyl (C=O) groups is 1. The third-order valence-electron chi connectivity index (χ3n) is 5.07. The summed E-state index contributed by atoms with van der Waals surface area (Å²) in [6.07, 6.45) is 10.6. The number of hydrogen-bond acceptors (Lipinski definition) is 5. The Labute approximate surface area is 142 Å². The number of thiophene rings is 1. The van der Waals surface area contributed by atoms with Gasteiger partial charge >= 0.3 is 0 Å². The number of aromatic nitrogens is 3. The van der Waals surface area contributed by atoms with E-state index >= 15 is 0 Å². The zero-order valence-electron chi connectivity index (χ0n) is 13.0. The number of hydrogen-bond donors (Lipinski definition) is 2.